The van der Waals surface area contributed by atoms with E-state index in [-0.39, 0.29) is 0 Å². The summed E-state index contributed by atoms with van der Waals surface area (Å²) in [4.78, 5) is 0. The zero-order valence-corrected chi connectivity index (χ0v) is 7.15. The Kier molecular flexibility index (Phi) is 2.85. The molecule has 0 saturated carbocycles. The SMILES string of the molecule is N=NCc1cc(Cl)cc(Cl)c1. The minimum absolute atomic E-state index is 0.334. The average Bonchev–Trinajstić information content (AvgIpc) is 1.85. The Bertz CT molecular complexity index is 253. The molecule has 0 aliphatic carbocycles. The van der Waals surface area contributed by atoms with Crippen molar-refractivity contribution in [2.75, 3.05) is 0 Å². The van der Waals surface area contributed by atoms with Gasteiger partial charge in [-0.2, -0.15) is 5.11 Å². The normalized spacial score (nSPS) is 9.64. The van der Waals surface area contributed by atoms with Crippen LogP contribution in [0.5, 0.6) is 0 Å². The number of hydrogen-bond acceptors (Lipinski definition) is 2. The van der Waals surface area contributed by atoms with Gasteiger partial charge in [-0.05, 0) is 23.8 Å². The fourth-order valence-electron chi connectivity index (χ4n) is 0.794. The highest BCUT2D eigenvalue weighted by Gasteiger charge is 1.96. The van der Waals surface area contributed by atoms with Gasteiger partial charge in [-0.1, -0.05) is 23.2 Å². The third-order valence-electron chi connectivity index (χ3n) is 1.18. The summed E-state index contributed by atoms with van der Waals surface area (Å²) >= 11 is 11.4. The maximum Gasteiger partial charge on any atom is 0.0847 e. The van der Waals surface area contributed by atoms with E-state index in [0.717, 1.165) is 5.56 Å². The topological polar surface area (TPSA) is 36.2 Å². The number of hydrogen-bond donors (Lipinski definition) is 1. The van der Waals surface area contributed by atoms with Crippen LogP contribution in [0.15, 0.2) is 23.3 Å². The fraction of sp³-hybridized carbons (Fsp3) is 0.143. The minimum Gasteiger partial charge on any atom is -0.210 e. The molecule has 0 unspecified atom stereocenters. The summed E-state index contributed by atoms with van der Waals surface area (Å²) in [7, 11) is 0. The van der Waals surface area contributed by atoms with E-state index in [9.17, 15) is 0 Å². The van der Waals surface area contributed by atoms with Crippen molar-refractivity contribution < 1.29 is 0 Å². The Labute approximate surface area is 74.6 Å². The summed E-state index contributed by atoms with van der Waals surface area (Å²) in [6, 6.07) is 5.13. The van der Waals surface area contributed by atoms with Crippen LogP contribution in [0.3, 0.4) is 0 Å². The van der Waals surface area contributed by atoms with E-state index in [4.69, 9.17) is 28.7 Å². The molecule has 0 spiro atoms. The van der Waals surface area contributed by atoms with Crippen molar-refractivity contribution in [2.45, 2.75) is 6.54 Å². The number of nitrogens with zero attached hydrogens (tertiary/aromatic N) is 1. The molecule has 0 aliphatic heterocycles. The highest BCUT2D eigenvalue weighted by Crippen LogP contribution is 2.19. The van der Waals surface area contributed by atoms with Gasteiger partial charge in [0, 0.05) is 10.0 Å². The van der Waals surface area contributed by atoms with Crippen molar-refractivity contribution in [3.05, 3.63) is 33.8 Å². The van der Waals surface area contributed by atoms with Gasteiger partial charge in [0.15, 0.2) is 0 Å². The standard InChI is InChI=1S/C7H6Cl2N2/c8-6-1-5(4-11-10)2-7(9)3-6/h1-3,10H,4H2. The quantitative estimate of drug-likeness (QED) is 0.691. The Balaban J connectivity index is 2.98. The van der Waals surface area contributed by atoms with Crippen LogP contribution in [0.4, 0.5) is 0 Å². The molecule has 0 bridgehead atoms. The second kappa shape index (κ2) is 3.69. The molecule has 0 heterocycles. The molecular formula is C7H6Cl2N2. The summed E-state index contributed by atoms with van der Waals surface area (Å²) in [6.07, 6.45) is 0. The number of rotatable bonds is 2. The molecule has 0 radical (unpaired) electrons. The largest absolute Gasteiger partial charge is 0.210 e. The van der Waals surface area contributed by atoms with Crippen molar-refractivity contribution in [2.24, 2.45) is 5.11 Å². The van der Waals surface area contributed by atoms with Crippen LogP contribution >= 0.6 is 23.2 Å². The molecule has 58 valence electrons. The van der Waals surface area contributed by atoms with Gasteiger partial charge in [-0.3, -0.25) is 0 Å². The molecule has 1 aromatic rings. The summed E-state index contributed by atoms with van der Waals surface area (Å²) in [6.45, 7) is 0.334. The van der Waals surface area contributed by atoms with E-state index in [0.29, 0.717) is 16.6 Å². The van der Waals surface area contributed by atoms with E-state index in [2.05, 4.69) is 5.11 Å². The lowest BCUT2D eigenvalue weighted by Gasteiger charge is -1.97. The predicted molar refractivity (Wildman–Crippen MR) is 45.3 cm³/mol. The minimum atomic E-state index is 0.334. The molecule has 0 atom stereocenters. The lowest BCUT2D eigenvalue weighted by molar-refractivity contribution is 0.908. The maximum atomic E-state index is 6.62. The van der Waals surface area contributed by atoms with E-state index < -0.39 is 0 Å². The van der Waals surface area contributed by atoms with Gasteiger partial charge in [0.2, 0.25) is 0 Å². The molecule has 11 heavy (non-hydrogen) atoms. The van der Waals surface area contributed by atoms with Crippen LogP contribution in [-0.2, 0) is 6.54 Å². The first-order chi connectivity index (χ1) is 5.22. The van der Waals surface area contributed by atoms with Crippen LogP contribution in [0.1, 0.15) is 5.56 Å². The number of halogens is 2. The van der Waals surface area contributed by atoms with Crippen molar-refractivity contribution in [1.82, 2.24) is 0 Å². The molecule has 0 aliphatic rings. The second-order valence-electron chi connectivity index (χ2n) is 2.09. The third-order valence-corrected chi connectivity index (χ3v) is 1.62. The van der Waals surface area contributed by atoms with E-state index in [1.807, 2.05) is 0 Å². The highest BCUT2D eigenvalue weighted by molar-refractivity contribution is 6.34. The smallest absolute Gasteiger partial charge is 0.0847 e. The van der Waals surface area contributed by atoms with Gasteiger partial charge in [0.25, 0.3) is 0 Å². The van der Waals surface area contributed by atoms with Crippen molar-refractivity contribution in [1.29, 1.82) is 5.53 Å². The molecule has 0 amide bonds. The monoisotopic (exact) mass is 188 g/mol. The maximum absolute atomic E-state index is 6.62. The zero-order valence-electron chi connectivity index (χ0n) is 5.64. The van der Waals surface area contributed by atoms with Crippen molar-refractivity contribution in [3.63, 3.8) is 0 Å². The van der Waals surface area contributed by atoms with Crippen LogP contribution in [0.2, 0.25) is 10.0 Å². The Morgan fingerprint density at radius 2 is 1.73 bits per heavy atom. The van der Waals surface area contributed by atoms with Gasteiger partial charge in [-0.25, -0.2) is 5.53 Å². The number of nitrogens with one attached hydrogen (secondary N) is 1. The number of benzene rings is 1. The van der Waals surface area contributed by atoms with Gasteiger partial charge in [0.05, 0.1) is 6.54 Å². The molecular weight excluding hydrogens is 183 g/mol. The van der Waals surface area contributed by atoms with Crippen molar-refractivity contribution >= 4 is 23.2 Å². The van der Waals surface area contributed by atoms with Crippen LogP contribution in [0.25, 0.3) is 0 Å². The lowest BCUT2D eigenvalue weighted by Crippen LogP contribution is -1.79. The molecule has 2 nitrogen and oxygen atoms in total. The fourth-order valence-corrected chi connectivity index (χ4v) is 1.36. The Hall–Kier alpha value is -0.600. The highest BCUT2D eigenvalue weighted by atomic mass is 35.5. The second-order valence-corrected chi connectivity index (χ2v) is 2.97. The summed E-state index contributed by atoms with van der Waals surface area (Å²) < 4.78 is 0. The molecule has 1 N–H and O–H groups in total. The molecule has 0 aromatic heterocycles. The van der Waals surface area contributed by atoms with Gasteiger partial charge in [0.1, 0.15) is 0 Å². The van der Waals surface area contributed by atoms with Crippen LogP contribution in [-0.4, -0.2) is 0 Å². The van der Waals surface area contributed by atoms with Gasteiger partial charge >= 0.3 is 0 Å². The molecule has 4 heteroatoms. The van der Waals surface area contributed by atoms with Crippen LogP contribution in [0, 0.1) is 5.53 Å². The zero-order chi connectivity index (χ0) is 8.27. The first-order valence-corrected chi connectivity index (χ1v) is 3.76. The molecule has 1 rings (SSSR count). The molecule has 0 saturated heterocycles. The van der Waals surface area contributed by atoms with Crippen molar-refractivity contribution in [3.8, 4) is 0 Å². The van der Waals surface area contributed by atoms with Gasteiger partial charge in [-0.15, -0.1) is 0 Å². The average molecular weight is 189 g/mol. The van der Waals surface area contributed by atoms with Gasteiger partial charge < -0.3 is 0 Å². The summed E-state index contributed by atoms with van der Waals surface area (Å²) in [5, 5.41) is 4.38. The Morgan fingerprint density at radius 3 is 2.18 bits per heavy atom. The lowest BCUT2D eigenvalue weighted by atomic mass is 10.2. The van der Waals surface area contributed by atoms with E-state index in [1.54, 1.807) is 18.2 Å². The third kappa shape index (κ3) is 2.48. The first-order valence-electron chi connectivity index (χ1n) is 3.00. The molecule has 1 aromatic carbocycles. The summed E-state index contributed by atoms with van der Waals surface area (Å²) in [5.41, 5.74) is 7.48. The molecule has 0 fully saturated rings. The van der Waals surface area contributed by atoms with E-state index in [1.165, 1.54) is 0 Å². The Morgan fingerprint density at radius 1 is 1.18 bits per heavy atom. The first kappa shape index (κ1) is 8.50. The van der Waals surface area contributed by atoms with Crippen LogP contribution < -0.4 is 0 Å². The predicted octanol–water partition coefficient (Wildman–Crippen LogP) is 3.52. The van der Waals surface area contributed by atoms with E-state index >= 15 is 0 Å². The summed E-state index contributed by atoms with van der Waals surface area (Å²) in [5.74, 6) is 0.